The molecule has 2 nitrogen and oxygen atoms in total. The Morgan fingerprint density at radius 3 is 3.07 bits per heavy atom. The fourth-order valence-electron chi connectivity index (χ4n) is 1.92. The average molecular weight is 224 g/mol. The molecule has 1 aliphatic heterocycles. The highest BCUT2D eigenvalue weighted by Gasteiger charge is 2.21. The molecule has 1 unspecified atom stereocenters. The topological polar surface area (TPSA) is 29.1 Å². The number of hydrogen-bond donors (Lipinski definition) is 1. The molecule has 3 heteroatoms. The maximum Gasteiger partial charge on any atom is 0.141 e. The van der Waals surface area contributed by atoms with Crippen LogP contribution in [0.15, 0.2) is 24.3 Å². The van der Waals surface area contributed by atoms with Gasteiger partial charge in [-0.1, -0.05) is 23.7 Å². The van der Waals surface area contributed by atoms with Gasteiger partial charge in [0, 0.05) is 23.9 Å². The van der Waals surface area contributed by atoms with Crippen LogP contribution in [-0.4, -0.2) is 18.9 Å². The second-order valence-corrected chi connectivity index (χ2v) is 4.40. The van der Waals surface area contributed by atoms with Gasteiger partial charge in [0.05, 0.1) is 0 Å². The van der Waals surface area contributed by atoms with Crippen LogP contribution < -0.4 is 5.32 Å². The van der Waals surface area contributed by atoms with Crippen molar-refractivity contribution in [3.63, 3.8) is 0 Å². The van der Waals surface area contributed by atoms with Crippen LogP contribution in [0.2, 0.25) is 5.02 Å². The van der Waals surface area contributed by atoms with Gasteiger partial charge in [0.2, 0.25) is 0 Å². The predicted octanol–water partition coefficient (Wildman–Crippen LogP) is 2.06. The Kier molecular flexibility index (Phi) is 3.39. The number of ketones is 1. The molecule has 1 aromatic carbocycles. The van der Waals surface area contributed by atoms with Crippen LogP contribution in [0.5, 0.6) is 0 Å². The molecule has 80 valence electrons. The fourth-order valence-corrected chi connectivity index (χ4v) is 2.13. The van der Waals surface area contributed by atoms with Gasteiger partial charge in [-0.15, -0.1) is 0 Å². The Morgan fingerprint density at radius 1 is 1.53 bits per heavy atom. The van der Waals surface area contributed by atoms with Gasteiger partial charge in [-0.2, -0.15) is 0 Å². The van der Waals surface area contributed by atoms with Crippen molar-refractivity contribution in [2.45, 2.75) is 12.8 Å². The first-order chi connectivity index (χ1) is 7.25. The Bertz CT molecular complexity index is 358. The lowest BCUT2D eigenvalue weighted by atomic mass is 9.97. The van der Waals surface area contributed by atoms with Crippen molar-refractivity contribution in [3.05, 3.63) is 34.9 Å². The van der Waals surface area contributed by atoms with E-state index in [4.69, 9.17) is 11.6 Å². The zero-order valence-electron chi connectivity index (χ0n) is 8.50. The van der Waals surface area contributed by atoms with Crippen molar-refractivity contribution >= 4 is 17.4 Å². The molecule has 2 rings (SSSR count). The number of carbonyl (C=O) groups excluding carboxylic acids is 1. The Balaban J connectivity index is 1.99. The van der Waals surface area contributed by atoms with Gasteiger partial charge >= 0.3 is 0 Å². The summed E-state index contributed by atoms with van der Waals surface area (Å²) in [6.07, 6.45) is 1.48. The molecular formula is C12H14ClNO. The number of Topliss-reactive ketones (excluding diaryl/α,β-unsaturated/α-hetero) is 1. The Morgan fingerprint density at radius 2 is 2.40 bits per heavy atom. The quantitative estimate of drug-likeness (QED) is 0.850. The second-order valence-electron chi connectivity index (χ2n) is 3.96. The maximum atomic E-state index is 11.8. The van der Waals surface area contributed by atoms with Gasteiger partial charge < -0.3 is 5.32 Å². The SMILES string of the molecule is O=C(Cc1cccc(Cl)c1)C1CCNC1. The summed E-state index contributed by atoms with van der Waals surface area (Å²) >= 11 is 5.86. The maximum absolute atomic E-state index is 11.8. The molecule has 1 fully saturated rings. The number of carbonyl (C=O) groups is 1. The van der Waals surface area contributed by atoms with Crippen molar-refractivity contribution < 1.29 is 4.79 Å². The molecule has 0 aliphatic carbocycles. The van der Waals surface area contributed by atoms with E-state index in [0.717, 1.165) is 25.1 Å². The van der Waals surface area contributed by atoms with E-state index in [0.29, 0.717) is 17.2 Å². The molecule has 0 aromatic heterocycles. The minimum Gasteiger partial charge on any atom is -0.316 e. The molecular weight excluding hydrogens is 210 g/mol. The lowest BCUT2D eigenvalue weighted by molar-refractivity contribution is -0.121. The van der Waals surface area contributed by atoms with E-state index in [1.165, 1.54) is 0 Å². The normalized spacial score (nSPS) is 20.5. The van der Waals surface area contributed by atoms with Crippen LogP contribution >= 0.6 is 11.6 Å². The van der Waals surface area contributed by atoms with Gasteiger partial charge in [-0.3, -0.25) is 4.79 Å². The molecule has 0 bridgehead atoms. The van der Waals surface area contributed by atoms with Gasteiger partial charge in [-0.25, -0.2) is 0 Å². The lowest BCUT2D eigenvalue weighted by Gasteiger charge is -2.07. The molecule has 15 heavy (non-hydrogen) atoms. The zero-order valence-corrected chi connectivity index (χ0v) is 9.26. The summed E-state index contributed by atoms with van der Waals surface area (Å²) < 4.78 is 0. The van der Waals surface area contributed by atoms with Gasteiger partial charge in [0.15, 0.2) is 0 Å². The first-order valence-electron chi connectivity index (χ1n) is 5.23. The van der Waals surface area contributed by atoms with E-state index in [1.807, 2.05) is 24.3 Å². The minimum absolute atomic E-state index is 0.198. The van der Waals surface area contributed by atoms with E-state index < -0.39 is 0 Å². The van der Waals surface area contributed by atoms with Crippen molar-refractivity contribution in [2.75, 3.05) is 13.1 Å². The number of hydrogen-bond acceptors (Lipinski definition) is 2. The van der Waals surface area contributed by atoms with Crippen LogP contribution in [0.1, 0.15) is 12.0 Å². The van der Waals surface area contributed by atoms with Gasteiger partial charge in [0.25, 0.3) is 0 Å². The summed E-state index contributed by atoms with van der Waals surface area (Å²) in [5.74, 6) is 0.520. The zero-order chi connectivity index (χ0) is 10.7. The highest BCUT2D eigenvalue weighted by molar-refractivity contribution is 6.30. The molecule has 0 spiro atoms. The van der Waals surface area contributed by atoms with Crippen molar-refractivity contribution in [2.24, 2.45) is 5.92 Å². The van der Waals surface area contributed by atoms with Crippen molar-refractivity contribution in [3.8, 4) is 0 Å². The van der Waals surface area contributed by atoms with Crippen molar-refractivity contribution in [1.29, 1.82) is 0 Å². The number of benzene rings is 1. The summed E-state index contributed by atoms with van der Waals surface area (Å²) in [6.45, 7) is 1.80. The molecule has 1 heterocycles. The molecule has 1 N–H and O–H groups in total. The first kappa shape index (κ1) is 10.7. The summed E-state index contributed by atoms with van der Waals surface area (Å²) in [6, 6.07) is 7.53. The van der Waals surface area contributed by atoms with Gasteiger partial charge in [-0.05, 0) is 30.7 Å². The van der Waals surface area contributed by atoms with Crippen LogP contribution in [0.25, 0.3) is 0 Å². The number of rotatable bonds is 3. The first-order valence-corrected chi connectivity index (χ1v) is 5.61. The van der Waals surface area contributed by atoms with Crippen LogP contribution in [0, 0.1) is 5.92 Å². The smallest absolute Gasteiger partial charge is 0.141 e. The standard InChI is InChI=1S/C12H14ClNO/c13-11-3-1-2-9(6-11)7-12(15)10-4-5-14-8-10/h1-3,6,10,14H,4-5,7-8H2. The van der Waals surface area contributed by atoms with E-state index in [2.05, 4.69) is 5.32 Å². The third-order valence-corrected chi connectivity index (χ3v) is 3.02. The molecule has 1 atom stereocenters. The fraction of sp³-hybridized carbons (Fsp3) is 0.417. The largest absolute Gasteiger partial charge is 0.316 e. The second kappa shape index (κ2) is 4.77. The highest BCUT2D eigenvalue weighted by Crippen LogP contribution is 2.15. The molecule has 0 radical (unpaired) electrons. The van der Waals surface area contributed by atoms with E-state index in [9.17, 15) is 4.79 Å². The average Bonchev–Trinajstić information content (AvgIpc) is 2.70. The number of halogens is 1. The molecule has 1 aromatic rings. The van der Waals surface area contributed by atoms with Crippen molar-refractivity contribution in [1.82, 2.24) is 5.32 Å². The molecule has 0 saturated carbocycles. The summed E-state index contributed by atoms with van der Waals surface area (Å²) in [7, 11) is 0. The lowest BCUT2D eigenvalue weighted by Crippen LogP contribution is -2.19. The van der Waals surface area contributed by atoms with Gasteiger partial charge in [0.1, 0.15) is 5.78 Å². The third-order valence-electron chi connectivity index (χ3n) is 2.78. The Labute approximate surface area is 94.6 Å². The Hall–Kier alpha value is -0.860. The third kappa shape index (κ3) is 2.80. The molecule has 1 aliphatic rings. The predicted molar refractivity (Wildman–Crippen MR) is 61.1 cm³/mol. The van der Waals surface area contributed by atoms with E-state index in [1.54, 1.807) is 0 Å². The number of nitrogens with one attached hydrogen (secondary N) is 1. The summed E-state index contributed by atoms with van der Waals surface area (Å²) in [5.41, 5.74) is 1.01. The highest BCUT2D eigenvalue weighted by atomic mass is 35.5. The minimum atomic E-state index is 0.198. The monoisotopic (exact) mass is 223 g/mol. The van der Waals surface area contributed by atoms with Crippen LogP contribution in [0.3, 0.4) is 0 Å². The van der Waals surface area contributed by atoms with Crippen LogP contribution in [-0.2, 0) is 11.2 Å². The van der Waals surface area contributed by atoms with E-state index >= 15 is 0 Å². The molecule has 0 amide bonds. The summed E-state index contributed by atoms with van der Waals surface area (Å²) in [4.78, 5) is 11.8. The van der Waals surface area contributed by atoms with E-state index in [-0.39, 0.29) is 5.92 Å². The van der Waals surface area contributed by atoms with Crippen LogP contribution in [0.4, 0.5) is 0 Å². The summed E-state index contributed by atoms with van der Waals surface area (Å²) in [5, 5.41) is 3.90. The molecule has 1 saturated heterocycles.